The molecule has 1 aromatic heterocycles. The maximum Gasteiger partial charge on any atom is 0.321 e. The van der Waals surface area contributed by atoms with Crippen LogP contribution in [0.25, 0.3) is 0 Å². The van der Waals surface area contributed by atoms with Crippen molar-refractivity contribution in [1.82, 2.24) is 20.7 Å². The largest absolute Gasteiger partial charge is 0.356 e. The second-order valence-corrected chi connectivity index (χ2v) is 7.17. The van der Waals surface area contributed by atoms with Gasteiger partial charge in [-0.15, -0.1) is 0 Å². The average molecular weight is 434 g/mol. The summed E-state index contributed by atoms with van der Waals surface area (Å²) in [5, 5.41) is 2.82. The number of urea groups is 1. The Balaban J connectivity index is 1.50. The van der Waals surface area contributed by atoms with Crippen LogP contribution in [0.1, 0.15) is 23.3 Å². The lowest BCUT2D eigenvalue weighted by Crippen LogP contribution is -2.50. The molecular weight excluding hydrogens is 414 g/mol. The molecule has 1 aliphatic heterocycles. The molecule has 8 nitrogen and oxygen atoms in total. The van der Waals surface area contributed by atoms with Gasteiger partial charge in [-0.2, -0.15) is 0 Å². The minimum Gasteiger partial charge on any atom is -0.356 e. The molecule has 0 radical (unpaired) electrons. The molecule has 0 saturated carbocycles. The van der Waals surface area contributed by atoms with Crippen molar-refractivity contribution in [3.05, 3.63) is 52.8 Å². The molecule has 27 heavy (non-hydrogen) atoms. The number of carbonyl (C=O) groups is 3. The molecule has 9 heteroatoms. The number of halogens is 1. The third-order valence-electron chi connectivity index (χ3n) is 4.30. The van der Waals surface area contributed by atoms with Crippen molar-refractivity contribution >= 4 is 39.5 Å². The number of hydrogen-bond donors (Lipinski definition) is 4. The predicted octanol–water partition coefficient (Wildman–Crippen LogP) is 2.48. The van der Waals surface area contributed by atoms with Gasteiger partial charge in [-0.1, -0.05) is 18.2 Å². The highest BCUT2D eigenvalue weighted by Crippen LogP contribution is 2.18. The van der Waals surface area contributed by atoms with Crippen LogP contribution in [0.2, 0.25) is 0 Å². The summed E-state index contributed by atoms with van der Waals surface area (Å²) < 4.78 is 0.742. The number of carbonyl (C=O) groups excluding carboxylic acids is 3. The summed E-state index contributed by atoms with van der Waals surface area (Å²) in [4.78, 5) is 41.1. The van der Waals surface area contributed by atoms with Gasteiger partial charge in [-0.3, -0.25) is 20.4 Å². The highest BCUT2D eigenvalue weighted by molar-refractivity contribution is 9.10. The zero-order chi connectivity index (χ0) is 19.2. The quantitative estimate of drug-likeness (QED) is 0.558. The molecule has 4 amide bonds. The van der Waals surface area contributed by atoms with E-state index in [1.165, 1.54) is 0 Å². The van der Waals surface area contributed by atoms with Gasteiger partial charge in [-0.05, 0) is 47.0 Å². The topological polar surface area (TPSA) is 106 Å². The molecule has 1 saturated heterocycles. The number of benzene rings is 1. The fourth-order valence-electron chi connectivity index (χ4n) is 2.89. The van der Waals surface area contributed by atoms with Crippen LogP contribution in [-0.2, 0) is 4.79 Å². The van der Waals surface area contributed by atoms with E-state index in [4.69, 9.17) is 0 Å². The van der Waals surface area contributed by atoms with Gasteiger partial charge in [0.25, 0.3) is 5.91 Å². The van der Waals surface area contributed by atoms with Crippen molar-refractivity contribution in [3.8, 4) is 0 Å². The number of nitrogens with one attached hydrogen (secondary N) is 4. The number of piperidine rings is 1. The standard InChI is InChI=1S/C18H20BrN5O3/c19-13-9-15(20-10-13)17(26)23-22-16(25)12-5-4-8-24(11-12)18(27)21-14-6-2-1-3-7-14/h1-3,6-7,9-10,12,20H,4-5,8,11H2,(H,21,27)(H,22,25)(H,23,26). The van der Waals surface area contributed by atoms with Crippen molar-refractivity contribution in [2.45, 2.75) is 12.8 Å². The molecule has 1 aromatic carbocycles. The molecule has 1 aliphatic rings. The number of hydrogen-bond acceptors (Lipinski definition) is 3. The Morgan fingerprint density at radius 3 is 2.63 bits per heavy atom. The second-order valence-electron chi connectivity index (χ2n) is 6.26. The smallest absolute Gasteiger partial charge is 0.321 e. The van der Waals surface area contributed by atoms with E-state index in [0.717, 1.165) is 10.9 Å². The van der Waals surface area contributed by atoms with Gasteiger partial charge in [0, 0.05) is 29.4 Å². The Labute approximate surface area is 164 Å². The van der Waals surface area contributed by atoms with Crippen LogP contribution in [0.5, 0.6) is 0 Å². The van der Waals surface area contributed by atoms with E-state index in [1.807, 2.05) is 18.2 Å². The molecule has 2 heterocycles. The monoisotopic (exact) mass is 433 g/mol. The maximum atomic E-state index is 12.4. The molecule has 3 rings (SSSR count). The van der Waals surface area contributed by atoms with Crippen LogP contribution in [0, 0.1) is 5.92 Å². The molecule has 0 aliphatic carbocycles. The molecule has 0 bridgehead atoms. The Kier molecular flexibility index (Phi) is 6.12. The highest BCUT2D eigenvalue weighted by Gasteiger charge is 2.28. The molecule has 4 N–H and O–H groups in total. The first-order valence-electron chi connectivity index (χ1n) is 8.58. The number of amides is 4. The summed E-state index contributed by atoms with van der Waals surface area (Å²) in [6.07, 6.45) is 3.00. The molecule has 1 fully saturated rings. The number of likely N-dealkylation sites (tertiary alicyclic amines) is 1. The van der Waals surface area contributed by atoms with Crippen LogP contribution in [0.15, 0.2) is 47.1 Å². The third kappa shape index (κ3) is 5.10. The van der Waals surface area contributed by atoms with Crippen LogP contribution < -0.4 is 16.2 Å². The van der Waals surface area contributed by atoms with E-state index in [2.05, 4.69) is 37.1 Å². The number of nitrogens with zero attached hydrogens (tertiary/aromatic N) is 1. The van der Waals surface area contributed by atoms with Crippen LogP contribution >= 0.6 is 15.9 Å². The average Bonchev–Trinajstić information content (AvgIpc) is 3.13. The van der Waals surface area contributed by atoms with Crippen LogP contribution in [0.4, 0.5) is 10.5 Å². The molecular formula is C18H20BrN5O3. The Morgan fingerprint density at radius 2 is 1.93 bits per heavy atom. The first-order valence-corrected chi connectivity index (χ1v) is 9.37. The van der Waals surface area contributed by atoms with Gasteiger partial charge in [0.2, 0.25) is 5.91 Å². The predicted molar refractivity (Wildman–Crippen MR) is 104 cm³/mol. The fourth-order valence-corrected chi connectivity index (χ4v) is 3.23. The zero-order valence-corrected chi connectivity index (χ0v) is 16.1. The number of H-pyrrole nitrogens is 1. The SMILES string of the molecule is O=C(NNC(=O)C1CCCN(C(=O)Nc2ccccc2)C1)c1cc(Br)c[nH]1. The van der Waals surface area contributed by atoms with Gasteiger partial charge in [-0.25, -0.2) is 4.79 Å². The number of rotatable bonds is 3. The van der Waals surface area contributed by atoms with Gasteiger partial charge in [0.15, 0.2) is 0 Å². The van der Waals surface area contributed by atoms with Crippen LogP contribution in [0.3, 0.4) is 0 Å². The summed E-state index contributed by atoms with van der Waals surface area (Å²) in [5.74, 6) is -1.13. The fraction of sp³-hybridized carbons (Fsp3) is 0.278. The van der Waals surface area contributed by atoms with E-state index in [0.29, 0.717) is 30.9 Å². The van der Waals surface area contributed by atoms with Gasteiger partial charge >= 0.3 is 6.03 Å². The number of aromatic amines is 1. The van der Waals surface area contributed by atoms with Gasteiger partial charge in [0.1, 0.15) is 5.69 Å². The van der Waals surface area contributed by atoms with E-state index in [-0.39, 0.29) is 17.9 Å². The first kappa shape index (κ1) is 19.0. The minimum absolute atomic E-state index is 0.237. The molecule has 0 spiro atoms. The highest BCUT2D eigenvalue weighted by atomic mass is 79.9. The summed E-state index contributed by atoms with van der Waals surface area (Å²) in [7, 11) is 0. The molecule has 1 unspecified atom stereocenters. The summed E-state index contributed by atoms with van der Waals surface area (Å²) in [6, 6.07) is 10.5. The Morgan fingerprint density at radius 1 is 1.15 bits per heavy atom. The summed E-state index contributed by atoms with van der Waals surface area (Å²) >= 11 is 3.24. The number of para-hydroxylation sites is 1. The lowest BCUT2D eigenvalue weighted by Gasteiger charge is -2.32. The van der Waals surface area contributed by atoms with E-state index in [1.54, 1.807) is 29.3 Å². The molecule has 1 atom stereocenters. The molecule has 142 valence electrons. The second kappa shape index (κ2) is 8.72. The Hall–Kier alpha value is -2.81. The van der Waals surface area contributed by atoms with Crippen molar-refractivity contribution in [2.75, 3.05) is 18.4 Å². The number of anilines is 1. The zero-order valence-electron chi connectivity index (χ0n) is 14.5. The van der Waals surface area contributed by atoms with E-state index < -0.39 is 5.91 Å². The normalized spacial score (nSPS) is 16.5. The minimum atomic E-state index is -0.441. The van der Waals surface area contributed by atoms with Gasteiger partial charge in [0.05, 0.1) is 5.92 Å². The van der Waals surface area contributed by atoms with Crippen molar-refractivity contribution < 1.29 is 14.4 Å². The Bertz CT molecular complexity index is 823. The lowest BCUT2D eigenvalue weighted by molar-refractivity contribution is -0.127. The van der Waals surface area contributed by atoms with E-state index in [9.17, 15) is 14.4 Å². The van der Waals surface area contributed by atoms with Crippen molar-refractivity contribution in [2.24, 2.45) is 5.92 Å². The van der Waals surface area contributed by atoms with Crippen molar-refractivity contribution in [1.29, 1.82) is 0 Å². The number of aromatic nitrogens is 1. The van der Waals surface area contributed by atoms with Crippen molar-refractivity contribution in [3.63, 3.8) is 0 Å². The third-order valence-corrected chi connectivity index (χ3v) is 4.75. The first-order chi connectivity index (χ1) is 13.0. The molecule has 2 aromatic rings. The maximum absolute atomic E-state index is 12.4. The van der Waals surface area contributed by atoms with E-state index >= 15 is 0 Å². The summed E-state index contributed by atoms with van der Waals surface area (Å²) in [5.41, 5.74) is 5.86. The lowest BCUT2D eigenvalue weighted by atomic mass is 9.98. The van der Waals surface area contributed by atoms with Crippen LogP contribution in [-0.4, -0.2) is 40.8 Å². The summed E-state index contributed by atoms with van der Waals surface area (Å²) in [6.45, 7) is 0.889. The van der Waals surface area contributed by atoms with Gasteiger partial charge < -0.3 is 15.2 Å². The number of hydrazine groups is 1.